The zero-order valence-corrected chi connectivity index (χ0v) is 7.43. The van der Waals surface area contributed by atoms with Gasteiger partial charge in [0.2, 0.25) is 0 Å². The number of likely N-dealkylation sites (tertiary alicyclic amines) is 1. The highest BCUT2D eigenvalue weighted by Gasteiger charge is 2.30. The molecule has 3 nitrogen and oxygen atoms in total. The van der Waals surface area contributed by atoms with E-state index in [-0.39, 0.29) is 0 Å². The molecular weight excluding hydrogens is 140 g/mol. The van der Waals surface area contributed by atoms with Crippen molar-refractivity contribution in [2.45, 2.75) is 18.9 Å². The molecule has 1 fully saturated rings. The molecule has 0 aliphatic carbocycles. The molecule has 11 heavy (non-hydrogen) atoms. The molecule has 0 bridgehead atoms. The van der Waals surface area contributed by atoms with Crippen molar-refractivity contribution in [2.75, 3.05) is 33.2 Å². The predicted octanol–water partition coefficient (Wildman–Crippen LogP) is -0.337. The lowest BCUT2D eigenvalue weighted by Crippen LogP contribution is -2.33. The highest BCUT2D eigenvalue weighted by Crippen LogP contribution is 2.19. The molecule has 3 heteroatoms. The van der Waals surface area contributed by atoms with Crippen LogP contribution in [0.2, 0.25) is 0 Å². The van der Waals surface area contributed by atoms with E-state index < -0.39 is 5.60 Å². The maximum absolute atomic E-state index is 9.60. The van der Waals surface area contributed by atoms with Crippen molar-refractivity contribution in [1.82, 2.24) is 10.2 Å². The van der Waals surface area contributed by atoms with E-state index in [9.17, 15) is 5.11 Å². The van der Waals surface area contributed by atoms with Gasteiger partial charge in [-0.05, 0) is 20.4 Å². The zero-order valence-electron chi connectivity index (χ0n) is 7.43. The Balaban J connectivity index is 2.20. The molecule has 1 aliphatic rings. The van der Waals surface area contributed by atoms with Crippen molar-refractivity contribution >= 4 is 0 Å². The number of likely N-dealkylation sites (N-methyl/N-ethyl adjacent to an activating group) is 1. The largest absolute Gasteiger partial charge is 0.389 e. The van der Waals surface area contributed by atoms with Crippen molar-refractivity contribution < 1.29 is 5.11 Å². The van der Waals surface area contributed by atoms with Crippen molar-refractivity contribution in [3.05, 3.63) is 0 Å². The van der Waals surface area contributed by atoms with Gasteiger partial charge in [-0.3, -0.25) is 4.90 Å². The van der Waals surface area contributed by atoms with Gasteiger partial charge in [0.1, 0.15) is 0 Å². The summed E-state index contributed by atoms with van der Waals surface area (Å²) in [5.41, 5.74) is -0.437. The average Bonchev–Trinajstić information content (AvgIpc) is 2.26. The Morgan fingerprint density at radius 1 is 1.64 bits per heavy atom. The summed E-state index contributed by atoms with van der Waals surface area (Å²) >= 11 is 0. The number of aliphatic hydroxyl groups is 1. The van der Waals surface area contributed by atoms with Crippen LogP contribution in [0.4, 0.5) is 0 Å². The average molecular weight is 158 g/mol. The smallest absolute Gasteiger partial charge is 0.0758 e. The second kappa shape index (κ2) is 3.52. The highest BCUT2D eigenvalue weighted by atomic mass is 16.3. The molecule has 0 aromatic carbocycles. The summed E-state index contributed by atoms with van der Waals surface area (Å²) in [5.74, 6) is 0. The molecule has 0 saturated carbocycles. The van der Waals surface area contributed by atoms with Crippen LogP contribution in [0.15, 0.2) is 0 Å². The first-order valence-corrected chi connectivity index (χ1v) is 4.23. The lowest BCUT2D eigenvalue weighted by Gasteiger charge is -2.18. The molecule has 0 amide bonds. The Hall–Kier alpha value is -0.120. The van der Waals surface area contributed by atoms with Gasteiger partial charge in [0.05, 0.1) is 5.60 Å². The van der Waals surface area contributed by atoms with Crippen molar-refractivity contribution in [1.29, 1.82) is 0 Å². The molecule has 1 aliphatic heterocycles. The van der Waals surface area contributed by atoms with Crippen molar-refractivity contribution in [2.24, 2.45) is 0 Å². The summed E-state index contributed by atoms with van der Waals surface area (Å²) in [7, 11) is 1.95. The van der Waals surface area contributed by atoms with Crippen LogP contribution in [0.5, 0.6) is 0 Å². The maximum Gasteiger partial charge on any atom is 0.0758 e. The number of nitrogens with one attached hydrogen (secondary N) is 1. The molecule has 1 heterocycles. The molecule has 1 rings (SSSR count). The zero-order chi connectivity index (χ0) is 8.32. The van der Waals surface area contributed by atoms with Crippen LogP contribution in [-0.4, -0.2) is 48.8 Å². The van der Waals surface area contributed by atoms with Gasteiger partial charge in [-0.25, -0.2) is 0 Å². The van der Waals surface area contributed by atoms with E-state index in [1.165, 1.54) is 0 Å². The van der Waals surface area contributed by atoms with E-state index >= 15 is 0 Å². The first-order chi connectivity index (χ1) is 5.14. The van der Waals surface area contributed by atoms with E-state index in [1.807, 2.05) is 14.0 Å². The summed E-state index contributed by atoms with van der Waals surface area (Å²) in [6, 6.07) is 0. The predicted molar refractivity (Wildman–Crippen MR) is 45.6 cm³/mol. The Labute approximate surface area is 68.4 Å². The lowest BCUT2D eigenvalue weighted by atomic mass is 10.1. The van der Waals surface area contributed by atoms with Gasteiger partial charge >= 0.3 is 0 Å². The van der Waals surface area contributed by atoms with Gasteiger partial charge in [0.25, 0.3) is 0 Å². The van der Waals surface area contributed by atoms with E-state index in [0.29, 0.717) is 0 Å². The quantitative estimate of drug-likeness (QED) is 0.590. The molecule has 0 radical (unpaired) electrons. The van der Waals surface area contributed by atoms with E-state index in [1.54, 1.807) is 0 Å². The Morgan fingerprint density at radius 3 is 2.82 bits per heavy atom. The van der Waals surface area contributed by atoms with Gasteiger partial charge in [-0.15, -0.1) is 0 Å². The second-order valence-electron chi connectivity index (χ2n) is 3.63. The number of hydrogen-bond donors (Lipinski definition) is 2. The third-order valence-corrected chi connectivity index (χ3v) is 2.21. The maximum atomic E-state index is 9.60. The van der Waals surface area contributed by atoms with Crippen LogP contribution < -0.4 is 5.32 Å². The fourth-order valence-electron chi connectivity index (χ4n) is 1.50. The fourth-order valence-corrected chi connectivity index (χ4v) is 1.50. The number of β-amino-alcohol motifs (C(OH)–C–C–N with tert-alkyl or cyclic N) is 1. The second-order valence-corrected chi connectivity index (χ2v) is 3.63. The standard InChI is InChI=1S/C8H18N2O/c1-8(11)3-5-10(7-8)6-4-9-2/h9,11H,3-7H2,1-2H3. The Kier molecular flexibility index (Phi) is 2.87. The van der Waals surface area contributed by atoms with E-state index in [0.717, 1.165) is 32.6 Å². The van der Waals surface area contributed by atoms with Gasteiger partial charge < -0.3 is 10.4 Å². The molecule has 0 aromatic heterocycles. The molecule has 1 atom stereocenters. The van der Waals surface area contributed by atoms with Crippen LogP contribution in [0.1, 0.15) is 13.3 Å². The van der Waals surface area contributed by atoms with Gasteiger partial charge in [-0.2, -0.15) is 0 Å². The molecule has 1 saturated heterocycles. The van der Waals surface area contributed by atoms with E-state index in [4.69, 9.17) is 0 Å². The molecule has 0 spiro atoms. The van der Waals surface area contributed by atoms with Crippen molar-refractivity contribution in [3.8, 4) is 0 Å². The molecule has 66 valence electrons. The first kappa shape index (κ1) is 8.97. The summed E-state index contributed by atoms with van der Waals surface area (Å²) in [4.78, 5) is 2.29. The third kappa shape index (κ3) is 2.77. The SMILES string of the molecule is CNCCN1CCC(C)(O)C1. The van der Waals surface area contributed by atoms with Crippen LogP contribution in [0, 0.1) is 0 Å². The molecule has 1 unspecified atom stereocenters. The Bertz CT molecular complexity index is 125. The van der Waals surface area contributed by atoms with Crippen molar-refractivity contribution in [3.63, 3.8) is 0 Å². The highest BCUT2D eigenvalue weighted by molar-refractivity contribution is 4.85. The van der Waals surface area contributed by atoms with Crippen LogP contribution in [-0.2, 0) is 0 Å². The third-order valence-electron chi connectivity index (χ3n) is 2.21. The summed E-state index contributed by atoms with van der Waals surface area (Å²) in [5, 5.41) is 12.7. The molecule has 2 N–H and O–H groups in total. The number of nitrogens with zero attached hydrogens (tertiary/aromatic N) is 1. The minimum atomic E-state index is -0.437. The van der Waals surface area contributed by atoms with E-state index in [2.05, 4.69) is 10.2 Å². The Morgan fingerprint density at radius 2 is 2.36 bits per heavy atom. The topological polar surface area (TPSA) is 35.5 Å². The minimum Gasteiger partial charge on any atom is -0.389 e. The van der Waals surface area contributed by atoms with Crippen LogP contribution >= 0.6 is 0 Å². The van der Waals surface area contributed by atoms with Crippen LogP contribution in [0.25, 0.3) is 0 Å². The monoisotopic (exact) mass is 158 g/mol. The summed E-state index contributed by atoms with van der Waals surface area (Å²) < 4.78 is 0. The molecule has 0 aromatic rings. The lowest BCUT2D eigenvalue weighted by molar-refractivity contribution is 0.0690. The van der Waals surface area contributed by atoms with Gasteiger partial charge in [0.15, 0.2) is 0 Å². The number of rotatable bonds is 3. The first-order valence-electron chi connectivity index (χ1n) is 4.23. The fraction of sp³-hybridized carbons (Fsp3) is 1.00. The van der Waals surface area contributed by atoms with Crippen LogP contribution in [0.3, 0.4) is 0 Å². The molecular formula is C8H18N2O. The summed E-state index contributed by atoms with van der Waals surface area (Å²) in [6.07, 6.45) is 0.913. The van der Waals surface area contributed by atoms with Gasteiger partial charge in [0, 0.05) is 26.2 Å². The number of hydrogen-bond acceptors (Lipinski definition) is 3. The minimum absolute atomic E-state index is 0.437. The van der Waals surface area contributed by atoms with Gasteiger partial charge in [-0.1, -0.05) is 0 Å². The summed E-state index contributed by atoms with van der Waals surface area (Å²) in [6.45, 7) is 5.83. The normalized spacial score (nSPS) is 33.0.